The first kappa shape index (κ1) is 17.9. The highest BCUT2D eigenvalue weighted by Crippen LogP contribution is 2.31. The van der Waals surface area contributed by atoms with Gasteiger partial charge in [0.25, 0.3) is 0 Å². The monoisotopic (exact) mass is 400 g/mol. The van der Waals surface area contributed by atoms with Gasteiger partial charge in [-0.1, -0.05) is 22.9 Å². The first-order valence-corrected chi connectivity index (χ1v) is 9.68. The van der Waals surface area contributed by atoms with Crippen LogP contribution in [-0.4, -0.2) is 32.0 Å². The minimum absolute atomic E-state index is 0.00849. The number of anilines is 2. The number of aliphatic hydroxyl groups excluding tert-OH is 1. The second-order valence-corrected chi connectivity index (χ2v) is 7.67. The van der Waals surface area contributed by atoms with Crippen molar-refractivity contribution in [3.8, 4) is 0 Å². The molecule has 0 aliphatic heterocycles. The lowest BCUT2D eigenvalue weighted by molar-refractivity contribution is 0.0971. The Morgan fingerprint density at radius 2 is 2.07 bits per heavy atom. The van der Waals surface area contributed by atoms with E-state index < -0.39 is 0 Å². The Labute approximate surface area is 164 Å². The Balaban J connectivity index is 1.64. The number of nitrogens with one attached hydrogen (secondary N) is 1. The number of hydrogen-bond donors (Lipinski definition) is 2. The summed E-state index contributed by atoms with van der Waals surface area (Å²) >= 11 is 7.54. The fourth-order valence-electron chi connectivity index (χ4n) is 2.92. The minimum atomic E-state index is 0.00849. The smallest absolute Gasteiger partial charge is 0.209 e. The van der Waals surface area contributed by atoms with Gasteiger partial charge in [0.15, 0.2) is 10.9 Å². The second kappa shape index (κ2) is 7.26. The lowest BCUT2D eigenvalue weighted by Crippen LogP contribution is -2.00. The molecule has 0 bridgehead atoms. The first-order valence-electron chi connectivity index (χ1n) is 8.49. The zero-order valence-electron chi connectivity index (χ0n) is 14.6. The van der Waals surface area contributed by atoms with Gasteiger partial charge in [0.2, 0.25) is 5.95 Å². The molecule has 138 valence electrons. The van der Waals surface area contributed by atoms with Crippen LogP contribution in [-0.2, 0) is 7.05 Å². The number of aliphatic hydroxyl groups is 1. The zero-order chi connectivity index (χ0) is 19.0. The van der Waals surface area contributed by atoms with Crippen LogP contribution >= 0.6 is 22.9 Å². The average molecular weight is 401 g/mol. The number of hydrogen-bond acceptors (Lipinski definition) is 6. The maximum atomic E-state index is 12.2. The number of Topliss-reactive ketones (excluding diaryl/α,β-unsaturated/α-hetero) is 1. The molecule has 2 aromatic heterocycles. The Morgan fingerprint density at radius 1 is 1.22 bits per heavy atom. The highest BCUT2D eigenvalue weighted by molar-refractivity contribution is 7.22. The summed E-state index contributed by atoms with van der Waals surface area (Å²) in [4.78, 5) is 21.3. The molecule has 0 atom stereocenters. The molecule has 27 heavy (non-hydrogen) atoms. The minimum Gasteiger partial charge on any atom is -0.396 e. The van der Waals surface area contributed by atoms with E-state index >= 15 is 0 Å². The van der Waals surface area contributed by atoms with E-state index in [-0.39, 0.29) is 12.4 Å². The molecule has 0 unspecified atom stereocenters. The van der Waals surface area contributed by atoms with Crippen molar-refractivity contribution in [1.29, 1.82) is 0 Å². The Kier molecular flexibility index (Phi) is 4.82. The van der Waals surface area contributed by atoms with Gasteiger partial charge < -0.3 is 15.0 Å². The number of thiazole rings is 1. The zero-order valence-corrected chi connectivity index (χ0v) is 16.1. The number of aryl methyl sites for hydroxylation is 1. The SMILES string of the molecule is Cn1c(Nc2nc3ccc(Cl)cc3s2)nc2cc(C(=O)CCCO)ccc21. The number of benzene rings is 2. The van der Waals surface area contributed by atoms with E-state index in [0.29, 0.717) is 29.4 Å². The molecule has 4 aromatic rings. The van der Waals surface area contributed by atoms with Crippen molar-refractivity contribution < 1.29 is 9.90 Å². The van der Waals surface area contributed by atoms with E-state index in [1.54, 1.807) is 12.1 Å². The molecule has 0 saturated heterocycles. The van der Waals surface area contributed by atoms with E-state index in [9.17, 15) is 4.79 Å². The molecular weight excluding hydrogens is 384 g/mol. The summed E-state index contributed by atoms with van der Waals surface area (Å²) in [5, 5.41) is 13.6. The topological polar surface area (TPSA) is 80.0 Å². The molecule has 4 rings (SSSR count). The number of ketones is 1. The molecule has 0 aliphatic carbocycles. The first-order chi connectivity index (χ1) is 13.0. The number of aromatic nitrogens is 3. The van der Waals surface area contributed by atoms with Crippen molar-refractivity contribution >= 4 is 61.1 Å². The van der Waals surface area contributed by atoms with Crippen molar-refractivity contribution in [2.24, 2.45) is 7.05 Å². The number of nitrogens with zero attached hydrogens (tertiary/aromatic N) is 3. The molecule has 2 aromatic carbocycles. The number of carbonyl (C=O) groups excluding carboxylic acids is 1. The third-order valence-electron chi connectivity index (χ3n) is 4.33. The summed E-state index contributed by atoms with van der Waals surface area (Å²) in [5.74, 6) is 0.657. The predicted molar refractivity (Wildman–Crippen MR) is 109 cm³/mol. The van der Waals surface area contributed by atoms with Gasteiger partial charge >= 0.3 is 0 Å². The quantitative estimate of drug-likeness (QED) is 0.464. The molecule has 0 radical (unpaired) electrons. The summed E-state index contributed by atoms with van der Waals surface area (Å²) in [5.41, 5.74) is 3.14. The van der Waals surface area contributed by atoms with Gasteiger partial charge in [0, 0.05) is 30.7 Å². The standard InChI is InChI=1S/C19H17ClN4O2S/c1-24-15-7-4-11(16(26)3-2-8-25)9-14(15)21-18(24)23-19-22-13-6-5-12(20)10-17(13)27-19/h4-7,9-10,25H,2-3,8H2,1H3,(H,21,22,23). The molecule has 0 amide bonds. The number of rotatable bonds is 6. The lowest BCUT2D eigenvalue weighted by Gasteiger charge is -2.02. The van der Waals surface area contributed by atoms with E-state index in [4.69, 9.17) is 16.7 Å². The van der Waals surface area contributed by atoms with Crippen molar-refractivity contribution in [3.05, 3.63) is 47.0 Å². The molecule has 8 heteroatoms. The lowest BCUT2D eigenvalue weighted by atomic mass is 10.1. The van der Waals surface area contributed by atoms with Crippen LogP contribution in [0.3, 0.4) is 0 Å². The fraction of sp³-hybridized carbons (Fsp3) is 0.211. The average Bonchev–Trinajstić information content (AvgIpc) is 3.19. The van der Waals surface area contributed by atoms with Crippen LogP contribution in [0.15, 0.2) is 36.4 Å². The summed E-state index contributed by atoms with van der Waals surface area (Å²) < 4.78 is 2.93. The Bertz CT molecular complexity index is 1150. The van der Waals surface area contributed by atoms with Gasteiger partial charge in [-0.15, -0.1) is 0 Å². The molecule has 0 spiro atoms. The molecule has 0 aliphatic rings. The second-order valence-electron chi connectivity index (χ2n) is 6.20. The van der Waals surface area contributed by atoms with Crippen LogP contribution in [0.2, 0.25) is 5.02 Å². The van der Waals surface area contributed by atoms with Gasteiger partial charge in [0.05, 0.1) is 21.3 Å². The molecule has 0 fully saturated rings. The summed E-state index contributed by atoms with van der Waals surface area (Å²) in [6, 6.07) is 11.1. The van der Waals surface area contributed by atoms with Crippen molar-refractivity contribution in [1.82, 2.24) is 14.5 Å². The molecule has 6 nitrogen and oxygen atoms in total. The largest absolute Gasteiger partial charge is 0.396 e. The van der Waals surface area contributed by atoms with E-state index in [2.05, 4.69) is 15.3 Å². The van der Waals surface area contributed by atoms with E-state index in [1.807, 2.05) is 35.9 Å². The Morgan fingerprint density at radius 3 is 2.89 bits per heavy atom. The van der Waals surface area contributed by atoms with Gasteiger partial charge in [-0.05, 0) is 42.8 Å². The van der Waals surface area contributed by atoms with Gasteiger partial charge in [-0.3, -0.25) is 4.79 Å². The molecule has 2 heterocycles. The van der Waals surface area contributed by atoms with Gasteiger partial charge in [0.1, 0.15) is 0 Å². The van der Waals surface area contributed by atoms with Crippen LogP contribution in [0.25, 0.3) is 21.3 Å². The predicted octanol–water partition coefficient (Wildman–Crippen LogP) is 4.54. The normalized spacial score (nSPS) is 11.4. The Hall–Kier alpha value is -2.48. The maximum Gasteiger partial charge on any atom is 0.209 e. The van der Waals surface area contributed by atoms with Gasteiger partial charge in [-0.25, -0.2) is 9.97 Å². The van der Waals surface area contributed by atoms with E-state index in [1.165, 1.54) is 11.3 Å². The van der Waals surface area contributed by atoms with Crippen LogP contribution in [0, 0.1) is 0 Å². The fourth-order valence-corrected chi connectivity index (χ4v) is 4.05. The number of carbonyl (C=O) groups is 1. The highest BCUT2D eigenvalue weighted by Gasteiger charge is 2.13. The molecule has 0 saturated carbocycles. The number of imidazole rings is 1. The van der Waals surface area contributed by atoms with E-state index in [0.717, 1.165) is 26.4 Å². The van der Waals surface area contributed by atoms with Crippen molar-refractivity contribution in [2.45, 2.75) is 12.8 Å². The van der Waals surface area contributed by atoms with Crippen LogP contribution < -0.4 is 5.32 Å². The third kappa shape index (κ3) is 3.53. The number of halogens is 1. The highest BCUT2D eigenvalue weighted by atomic mass is 35.5. The maximum absolute atomic E-state index is 12.2. The number of fused-ring (bicyclic) bond motifs is 2. The summed E-state index contributed by atoms with van der Waals surface area (Å²) in [6.45, 7) is 0.0129. The summed E-state index contributed by atoms with van der Waals surface area (Å²) in [7, 11) is 1.91. The van der Waals surface area contributed by atoms with Crippen LogP contribution in [0.4, 0.5) is 11.1 Å². The molecular formula is C19H17ClN4O2S. The van der Waals surface area contributed by atoms with Crippen LogP contribution in [0.1, 0.15) is 23.2 Å². The summed E-state index contributed by atoms with van der Waals surface area (Å²) in [6.07, 6.45) is 0.793. The third-order valence-corrected chi connectivity index (χ3v) is 5.50. The van der Waals surface area contributed by atoms with Crippen LogP contribution in [0.5, 0.6) is 0 Å². The van der Waals surface area contributed by atoms with Crippen molar-refractivity contribution in [3.63, 3.8) is 0 Å². The van der Waals surface area contributed by atoms with Gasteiger partial charge in [-0.2, -0.15) is 0 Å². The molecule has 2 N–H and O–H groups in total. The van der Waals surface area contributed by atoms with Crippen molar-refractivity contribution in [2.75, 3.05) is 11.9 Å².